The van der Waals surface area contributed by atoms with E-state index in [1.54, 1.807) is 11.4 Å². The molecule has 6 heteroatoms. The van der Waals surface area contributed by atoms with Gasteiger partial charge in [-0.25, -0.2) is 0 Å². The molecule has 0 atom stereocenters. The maximum Gasteiger partial charge on any atom is 0.282 e. The first-order valence-corrected chi connectivity index (χ1v) is 8.43. The number of nitrogens with zero attached hydrogens (tertiary/aromatic N) is 2. The zero-order valence-corrected chi connectivity index (χ0v) is 12.8. The number of benzene rings is 1. The van der Waals surface area contributed by atoms with Crippen LogP contribution in [0.5, 0.6) is 0 Å². The lowest BCUT2D eigenvalue weighted by Crippen LogP contribution is -2.44. The summed E-state index contributed by atoms with van der Waals surface area (Å²) in [4.78, 5) is 0. The van der Waals surface area contributed by atoms with E-state index in [4.69, 9.17) is 5.73 Å². The van der Waals surface area contributed by atoms with Crippen LogP contribution in [0.2, 0.25) is 0 Å². The van der Waals surface area contributed by atoms with E-state index < -0.39 is 10.2 Å². The summed E-state index contributed by atoms with van der Waals surface area (Å²) >= 11 is 0. The van der Waals surface area contributed by atoms with Crippen LogP contribution in [0.15, 0.2) is 24.3 Å². The second kappa shape index (κ2) is 6.67. The van der Waals surface area contributed by atoms with Gasteiger partial charge in [0.2, 0.25) is 0 Å². The Morgan fingerprint density at radius 2 is 1.65 bits per heavy atom. The Morgan fingerprint density at radius 1 is 1.10 bits per heavy atom. The molecule has 0 spiro atoms. The minimum absolute atomic E-state index is 0.393. The largest absolute Gasteiger partial charge is 0.326 e. The summed E-state index contributed by atoms with van der Waals surface area (Å²) in [6.45, 7) is 2.17. The van der Waals surface area contributed by atoms with Gasteiger partial charge in [-0.2, -0.15) is 17.0 Å². The van der Waals surface area contributed by atoms with Crippen LogP contribution in [0.4, 0.5) is 0 Å². The molecule has 1 fully saturated rings. The molecule has 0 amide bonds. The number of piperidine rings is 1. The molecule has 0 saturated carbocycles. The lowest BCUT2D eigenvalue weighted by Gasteiger charge is -2.30. The maximum atomic E-state index is 12.4. The molecular formula is C14H23N3O2S. The average molecular weight is 297 g/mol. The van der Waals surface area contributed by atoms with Gasteiger partial charge in [-0.1, -0.05) is 30.7 Å². The van der Waals surface area contributed by atoms with Crippen molar-refractivity contribution in [2.45, 2.75) is 32.4 Å². The molecule has 2 N–H and O–H groups in total. The van der Waals surface area contributed by atoms with Gasteiger partial charge in [-0.3, -0.25) is 0 Å². The highest BCUT2D eigenvalue weighted by atomic mass is 32.2. The molecule has 112 valence electrons. The average Bonchev–Trinajstić information content (AvgIpc) is 2.49. The monoisotopic (exact) mass is 297 g/mol. The number of hydrogen-bond acceptors (Lipinski definition) is 3. The smallest absolute Gasteiger partial charge is 0.282 e. The van der Waals surface area contributed by atoms with Gasteiger partial charge in [0.25, 0.3) is 10.2 Å². The minimum atomic E-state index is -3.33. The Hall–Kier alpha value is -0.950. The normalized spacial score (nSPS) is 17.6. The van der Waals surface area contributed by atoms with Crippen LogP contribution in [0.1, 0.15) is 30.4 Å². The summed E-state index contributed by atoms with van der Waals surface area (Å²) in [7, 11) is -1.69. The molecule has 0 bridgehead atoms. The van der Waals surface area contributed by atoms with Crippen molar-refractivity contribution in [1.82, 2.24) is 8.61 Å². The van der Waals surface area contributed by atoms with Crippen molar-refractivity contribution in [3.63, 3.8) is 0 Å². The Morgan fingerprint density at radius 3 is 2.20 bits per heavy atom. The fourth-order valence-corrected chi connectivity index (χ4v) is 3.84. The molecule has 0 aromatic heterocycles. The van der Waals surface area contributed by atoms with Crippen molar-refractivity contribution in [2.75, 3.05) is 20.1 Å². The summed E-state index contributed by atoms with van der Waals surface area (Å²) in [6, 6.07) is 7.75. The third-order valence-electron chi connectivity index (χ3n) is 3.70. The number of hydrogen-bond donors (Lipinski definition) is 1. The first-order chi connectivity index (χ1) is 9.54. The Kier molecular flexibility index (Phi) is 5.15. The van der Waals surface area contributed by atoms with E-state index in [1.807, 2.05) is 24.3 Å². The van der Waals surface area contributed by atoms with Crippen LogP contribution in [0, 0.1) is 0 Å². The molecule has 20 heavy (non-hydrogen) atoms. The van der Waals surface area contributed by atoms with E-state index in [2.05, 4.69) is 0 Å². The van der Waals surface area contributed by atoms with Gasteiger partial charge in [0.05, 0.1) is 0 Å². The predicted molar refractivity (Wildman–Crippen MR) is 80.1 cm³/mol. The van der Waals surface area contributed by atoms with Gasteiger partial charge in [-0.05, 0) is 24.0 Å². The molecule has 1 saturated heterocycles. The van der Waals surface area contributed by atoms with Crippen molar-refractivity contribution >= 4 is 10.2 Å². The van der Waals surface area contributed by atoms with E-state index in [1.165, 1.54) is 4.31 Å². The Balaban J connectivity index is 2.03. The third kappa shape index (κ3) is 3.58. The lowest BCUT2D eigenvalue weighted by molar-refractivity contribution is 0.314. The lowest BCUT2D eigenvalue weighted by atomic mass is 10.1. The summed E-state index contributed by atoms with van der Waals surface area (Å²) in [6.07, 6.45) is 3.03. The highest BCUT2D eigenvalue weighted by Gasteiger charge is 2.27. The molecule has 1 heterocycles. The van der Waals surface area contributed by atoms with E-state index in [0.29, 0.717) is 26.2 Å². The standard InChI is InChI=1S/C14H23N3O2S/c1-16(12-14-7-5-13(11-15)6-8-14)20(18,19)17-9-3-2-4-10-17/h5-8H,2-4,9-12,15H2,1H3. The van der Waals surface area contributed by atoms with Crippen molar-refractivity contribution in [3.8, 4) is 0 Å². The summed E-state index contributed by atoms with van der Waals surface area (Å²) in [5.74, 6) is 0. The molecule has 1 aromatic carbocycles. The first kappa shape index (κ1) is 15.4. The van der Waals surface area contributed by atoms with Gasteiger partial charge < -0.3 is 5.73 Å². The second-order valence-corrected chi connectivity index (χ2v) is 7.28. The van der Waals surface area contributed by atoms with E-state index in [-0.39, 0.29) is 0 Å². The molecule has 0 radical (unpaired) electrons. The number of rotatable bonds is 5. The van der Waals surface area contributed by atoms with Crippen LogP contribution in [-0.4, -0.2) is 37.2 Å². The summed E-state index contributed by atoms with van der Waals surface area (Å²) in [5, 5.41) is 0. The molecule has 1 aromatic rings. The molecule has 0 unspecified atom stereocenters. The quantitative estimate of drug-likeness (QED) is 0.891. The van der Waals surface area contributed by atoms with Gasteiger partial charge >= 0.3 is 0 Å². The van der Waals surface area contributed by atoms with Crippen molar-refractivity contribution in [2.24, 2.45) is 5.73 Å². The van der Waals surface area contributed by atoms with Gasteiger partial charge in [0, 0.05) is 33.2 Å². The van der Waals surface area contributed by atoms with Crippen LogP contribution < -0.4 is 5.73 Å². The van der Waals surface area contributed by atoms with E-state index in [9.17, 15) is 8.42 Å². The predicted octanol–water partition coefficient (Wildman–Crippen LogP) is 1.31. The summed E-state index contributed by atoms with van der Waals surface area (Å²) < 4.78 is 27.9. The highest BCUT2D eigenvalue weighted by Crippen LogP contribution is 2.17. The minimum Gasteiger partial charge on any atom is -0.326 e. The first-order valence-electron chi connectivity index (χ1n) is 7.03. The molecule has 1 aliphatic heterocycles. The maximum absolute atomic E-state index is 12.4. The number of nitrogens with two attached hydrogens (primary N) is 1. The highest BCUT2D eigenvalue weighted by molar-refractivity contribution is 7.86. The topological polar surface area (TPSA) is 66.6 Å². The van der Waals surface area contributed by atoms with Crippen LogP contribution >= 0.6 is 0 Å². The Labute approximate surface area is 121 Å². The fraction of sp³-hybridized carbons (Fsp3) is 0.571. The zero-order chi connectivity index (χ0) is 14.6. The fourth-order valence-electron chi connectivity index (χ4n) is 2.41. The van der Waals surface area contributed by atoms with Crippen molar-refractivity contribution in [3.05, 3.63) is 35.4 Å². The zero-order valence-electron chi connectivity index (χ0n) is 12.0. The van der Waals surface area contributed by atoms with Crippen molar-refractivity contribution in [1.29, 1.82) is 0 Å². The molecule has 2 rings (SSSR count). The van der Waals surface area contributed by atoms with Gasteiger partial charge in [-0.15, -0.1) is 0 Å². The van der Waals surface area contributed by atoms with Gasteiger partial charge in [0.1, 0.15) is 0 Å². The molecule has 5 nitrogen and oxygen atoms in total. The SMILES string of the molecule is CN(Cc1ccc(CN)cc1)S(=O)(=O)N1CCCCC1. The van der Waals surface area contributed by atoms with Crippen LogP contribution in [-0.2, 0) is 23.3 Å². The van der Waals surface area contributed by atoms with Crippen LogP contribution in [0.3, 0.4) is 0 Å². The third-order valence-corrected chi connectivity index (χ3v) is 5.63. The van der Waals surface area contributed by atoms with E-state index in [0.717, 1.165) is 30.4 Å². The van der Waals surface area contributed by atoms with Crippen LogP contribution in [0.25, 0.3) is 0 Å². The second-order valence-electron chi connectivity index (χ2n) is 5.24. The molecule has 1 aliphatic rings. The van der Waals surface area contributed by atoms with E-state index >= 15 is 0 Å². The molecule has 0 aliphatic carbocycles. The summed E-state index contributed by atoms with van der Waals surface area (Å²) in [5.41, 5.74) is 7.58. The van der Waals surface area contributed by atoms with Gasteiger partial charge in [0.15, 0.2) is 0 Å². The Bertz CT molecular complexity index is 522. The van der Waals surface area contributed by atoms with Crippen molar-refractivity contribution < 1.29 is 8.42 Å². The molecular weight excluding hydrogens is 274 g/mol.